The smallest absolute Gasteiger partial charge is 0.257 e. The minimum Gasteiger partial charge on any atom is -0.336 e. The number of halogens is 1. The number of benzene rings is 2. The summed E-state index contributed by atoms with van der Waals surface area (Å²) in [4.78, 5) is 3.82. The first-order valence-electron chi connectivity index (χ1n) is 10.4. The summed E-state index contributed by atoms with van der Waals surface area (Å²) >= 11 is 0. The fraction of sp³-hybridized carbons (Fsp3) is 0.348. The molecule has 2 aromatic carbocycles. The number of aryl methyl sites for hydroxylation is 2. The molecule has 0 amide bonds. The lowest BCUT2D eigenvalue weighted by Gasteiger charge is -2.21. The highest BCUT2D eigenvalue weighted by atomic mass is 32.2. The second-order valence-electron chi connectivity index (χ2n) is 8.21. The summed E-state index contributed by atoms with van der Waals surface area (Å²) in [6, 6.07) is 14.1. The van der Waals surface area contributed by atoms with Crippen LogP contribution in [0.5, 0.6) is 0 Å². The zero-order valence-corrected chi connectivity index (χ0v) is 18.3. The molecule has 3 N–H and O–H groups in total. The Balaban J connectivity index is 1.57. The summed E-state index contributed by atoms with van der Waals surface area (Å²) < 4.78 is 39.3. The van der Waals surface area contributed by atoms with E-state index in [0.717, 1.165) is 24.9 Å². The minimum atomic E-state index is -3.84. The van der Waals surface area contributed by atoms with Crippen LogP contribution in [-0.4, -0.2) is 31.6 Å². The van der Waals surface area contributed by atoms with Crippen LogP contribution in [-0.2, 0) is 35.8 Å². The molecule has 0 bridgehead atoms. The molecule has 164 valence electrons. The molecule has 0 radical (unpaired) electrons. The summed E-state index contributed by atoms with van der Waals surface area (Å²) in [5.74, 6) is 0.529. The van der Waals surface area contributed by atoms with Crippen molar-refractivity contribution < 1.29 is 12.8 Å². The zero-order valence-electron chi connectivity index (χ0n) is 17.5. The summed E-state index contributed by atoms with van der Waals surface area (Å²) in [6.45, 7) is 1.30. The van der Waals surface area contributed by atoms with Crippen LogP contribution in [0, 0.1) is 11.7 Å². The zero-order chi connectivity index (χ0) is 22.0. The van der Waals surface area contributed by atoms with Gasteiger partial charge in [0.1, 0.15) is 5.82 Å². The number of hydrogen-bond donors (Lipinski definition) is 2. The number of nitrogens with one attached hydrogen (secondary N) is 1. The van der Waals surface area contributed by atoms with Gasteiger partial charge in [-0.05, 0) is 73.0 Å². The van der Waals surface area contributed by atoms with E-state index < -0.39 is 10.0 Å². The maximum absolute atomic E-state index is 14.9. The highest BCUT2D eigenvalue weighted by Gasteiger charge is 2.33. The standard InChI is InChI=1S/C23H27FN4O2S/c1-26-13-19-10-18-12-22(24)17(7-8-28-14-23(27-15-28)31(25,29)30)11-21(18)20(19)9-16-5-3-2-4-6-16/h2-6,11-12,14-15,19-20,26H,7-10,13H2,1H3,(H2,25,29,30). The van der Waals surface area contributed by atoms with Crippen LogP contribution in [0.4, 0.5) is 4.39 Å². The summed E-state index contributed by atoms with van der Waals surface area (Å²) in [5, 5.41) is 8.22. The molecule has 4 rings (SSSR count). The van der Waals surface area contributed by atoms with Gasteiger partial charge in [-0.1, -0.05) is 36.4 Å². The van der Waals surface area contributed by atoms with Gasteiger partial charge in [0.25, 0.3) is 10.0 Å². The lowest BCUT2D eigenvalue weighted by molar-refractivity contribution is 0.436. The quantitative estimate of drug-likeness (QED) is 0.561. The van der Waals surface area contributed by atoms with Crippen LogP contribution in [0.1, 0.15) is 28.2 Å². The molecule has 6 nitrogen and oxygen atoms in total. The summed E-state index contributed by atoms with van der Waals surface area (Å²) in [5.41, 5.74) is 4.21. The van der Waals surface area contributed by atoms with Crippen LogP contribution >= 0.6 is 0 Å². The molecular formula is C23H27FN4O2S. The molecule has 0 saturated heterocycles. The van der Waals surface area contributed by atoms with E-state index >= 15 is 0 Å². The molecule has 1 aliphatic rings. The number of primary sulfonamides is 1. The topological polar surface area (TPSA) is 90.0 Å². The van der Waals surface area contributed by atoms with E-state index in [1.54, 1.807) is 10.6 Å². The first-order valence-corrected chi connectivity index (χ1v) is 11.9. The SMILES string of the molecule is CNCC1Cc2cc(F)c(CCn3cnc(S(N)(=O)=O)c3)cc2C1Cc1ccccc1. The Hall–Kier alpha value is -2.55. The number of nitrogens with zero attached hydrogens (tertiary/aromatic N) is 2. The number of hydrogen-bond acceptors (Lipinski definition) is 4. The molecule has 1 aromatic heterocycles. The highest BCUT2D eigenvalue weighted by molar-refractivity contribution is 7.89. The molecule has 1 heterocycles. The van der Waals surface area contributed by atoms with E-state index in [4.69, 9.17) is 5.14 Å². The van der Waals surface area contributed by atoms with Crippen molar-refractivity contribution in [1.82, 2.24) is 14.9 Å². The molecule has 0 saturated carbocycles. The lowest BCUT2D eigenvalue weighted by Crippen LogP contribution is -2.23. The third-order valence-corrected chi connectivity index (χ3v) is 6.86. The monoisotopic (exact) mass is 442 g/mol. The molecule has 0 aliphatic heterocycles. The average molecular weight is 443 g/mol. The normalized spacial score (nSPS) is 18.3. The summed E-state index contributed by atoms with van der Waals surface area (Å²) in [7, 11) is -1.89. The first kappa shape index (κ1) is 21.7. The van der Waals surface area contributed by atoms with E-state index in [1.165, 1.54) is 23.7 Å². The van der Waals surface area contributed by atoms with E-state index in [1.807, 2.05) is 19.2 Å². The van der Waals surface area contributed by atoms with Gasteiger partial charge in [-0.15, -0.1) is 0 Å². The molecule has 31 heavy (non-hydrogen) atoms. The molecule has 0 fully saturated rings. The number of fused-ring (bicyclic) bond motifs is 1. The lowest BCUT2D eigenvalue weighted by atomic mass is 9.86. The van der Waals surface area contributed by atoms with Crippen molar-refractivity contribution in [2.75, 3.05) is 13.6 Å². The number of imidazole rings is 1. The van der Waals surface area contributed by atoms with Crippen LogP contribution < -0.4 is 10.5 Å². The maximum Gasteiger partial charge on any atom is 0.257 e. The van der Waals surface area contributed by atoms with Crippen LogP contribution in [0.2, 0.25) is 0 Å². The number of sulfonamides is 1. The number of nitrogens with two attached hydrogens (primary N) is 1. The van der Waals surface area contributed by atoms with E-state index in [2.05, 4.69) is 34.6 Å². The Morgan fingerprint density at radius 1 is 1.26 bits per heavy atom. The van der Waals surface area contributed by atoms with Crippen molar-refractivity contribution in [2.45, 2.75) is 36.8 Å². The van der Waals surface area contributed by atoms with Crippen molar-refractivity contribution in [3.05, 3.63) is 83.1 Å². The molecular weight excluding hydrogens is 415 g/mol. The Morgan fingerprint density at radius 2 is 2.03 bits per heavy atom. The first-order chi connectivity index (χ1) is 14.8. The van der Waals surface area contributed by atoms with E-state index in [9.17, 15) is 12.8 Å². The highest BCUT2D eigenvalue weighted by Crippen LogP contribution is 2.41. The Bertz CT molecular complexity index is 1160. The molecule has 2 unspecified atom stereocenters. The van der Waals surface area contributed by atoms with Gasteiger partial charge in [0.2, 0.25) is 0 Å². The van der Waals surface area contributed by atoms with Crippen LogP contribution in [0.25, 0.3) is 0 Å². The van der Waals surface area contributed by atoms with Gasteiger partial charge >= 0.3 is 0 Å². The fourth-order valence-electron chi connectivity index (χ4n) is 4.55. The fourth-order valence-corrected chi connectivity index (χ4v) is 5.03. The van der Waals surface area contributed by atoms with Crippen LogP contribution in [0.3, 0.4) is 0 Å². The van der Waals surface area contributed by atoms with Crippen molar-refractivity contribution in [2.24, 2.45) is 11.1 Å². The second kappa shape index (κ2) is 8.90. The Kier molecular flexibility index (Phi) is 6.22. The summed E-state index contributed by atoms with van der Waals surface area (Å²) in [6.07, 6.45) is 5.01. The van der Waals surface area contributed by atoms with Crippen molar-refractivity contribution in [3.8, 4) is 0 Å². The molecule has 2 atom stereocenters. The molecule has 8 heteroatoms. The minimum absolute atomic E-state index is 0.181. The second-order valence-corrected chi connectivity index (χ2v) is 9.71. The van der Waals surface area contributed by atoms with Gasteiger partial charge in [-0.2, -0.15) is 0 Å². The maximum atomic E-state index is 14.9. The number of aromatic nitrogens is 2. The predicted molar refractivity (Wildman–Crippen MR) is 118 cm³/mol. The van der Waals surface area contributed by atoms with Gasteiger partial charge in [0.15, 0.2) is 5.03 Å². The largest absolute Gasteiger partial charge is 0.336 e. The van der Waals surface area contributed by atoms with Crippen molar-refractivity contribution in [3.63, 3.8) is 0 Å². The number of rotatable bonds is 8. The predicted octanol–water partition coefficient (Wildman–Crippen LogP) is 2.63. The van der Waals surface area contributed by atoms with Crippen molar-refractivity contribution in [1.29, 1.82) is 0 Å². The molecule has 1 aliphatic carbocycles. The van der Waals surface area contributed by atoms with Gasteiger partial charge in [0.05, 0.1) is 6.33 Å². The van der Waals surface area contributed by atoms with Gasteiger partial charge in [-0.3, -0.25) is 0 Å². The Morgan fingerprint density at radius 3 is 2.71 bits per heavy atom. The molecule has 0 spiro atoms. The van der Waals surface area contributed by atoms with Gasteiger partial charge < -0.3 is 9.88 Å². The van der Waals surface area contributed by atoms with Crippen molar-refractivity contribution >= 4 is 10.0 Å². The average Bonchev–Trinajstić information content (AvgIpc) is 3.33. The van der Waals surface area contributed by atoms with E-state index in [-0.39, 0.29) is 10.8 Å². The van der Waals surface area contributed by atoms with E-state index in [0.29, 0.717) is 30.4 Å². The molecule has 3 aromatic rings. The Labute approximate surface area is 182 Å². The van der Waals surface area contributed by atoms with Crippen LogP contribution in [0.15, 0.2) is 60.0 Å². The van der Waals surface area contributed by atoms with Gasteiger partial charge in [-0.25, -0.2) is 22.9 Å². The third-order valence-electron chi connectivity index (χ3n) is 6.06. The van der Waals surface area contributed by atoms with Gasteiger partial charge in [0, 0.05) is 12.7 Å². The third kappa shape index (κ3) is 4.87.